The van der Waals surface area contributed by atoms with Crippen molar-refractivity contribution in [2.75, 3.05) is 18.0 Å². The number of amides is 1. The van der Waals surface area contributed by atoms with Crippen molar-refractivity contribution in [3.05, 3.63) is 42.5 Å². The molecule has 0 aromatic heterocycles. The molecule has 2 rings (SSSR count). The Labute approximate surface area is 126 Å². The summed E-state index contributed by atoms with van der Waals surface area (Å²) < 4.78 is 0. The van der Waals surface area contributed by atoms with Gasteiger partial charge in [0.1, 0.15) is 0 Å². The van der Waals surface area contributed by atoms with Crippen molar-refractivity contribution in [3.63, 3.8) is 0 Å². The van der Waals surface area contributed by atoms with Crippen LogP contribution in [-0.4, -0.2) is 19.0 Å². The zero-order valence-electron chi connectivity index (χ0n) is 12.9. The first kappa shape index (κ1) is 15.5. The maximum atomic E-state index is 12.8. The molecular formula is C18H24N2O. The van der Waals surface area contributed by atoms with Crippen LogP contribution in [0.4, 0.5) is 5.69 Å². The van der Waals surface area contributed by atoms with Gasteiger partial charge < -0.3 is 10.6 Å². The van der Waals surface area contributed by atoms with Gasteiger partial charge in [-0.05, 0) is 24.8 Å². The summed E-state index contributed by atoms with van der Waals surface area (Å²) >= 11 is 0. The number of carbonyl (C=O) groups is 1. The second-order valence-corrected chi connectivity index (χ2v) is 5.30. The van der Waals surface area contributed by atoms with E-state index in [1.807, 2.05) is 36.1 Å². The van der Waals surface area contributed by atoms with Gasteiger partial charge >= 0.3 is 0 Å². The first-order valence-electron chi connectivity index (χ1n) is 7.72. The lowest BCUT2D eigenvalue weighted by atomic mass is 10.0. The third-order valence-electron chi connectivity index (χ3n) is 3.91. The van der Waals surface area contributed by atoms with Gasteiger partial charge in [0.25, 0.3) is 0 Å². The average molecular weight is 284 g/mol. The summed E-state index contributed by atoms with van der Waals surface area (Å²) in [6.07, 6.45) is 1.82. The van der Waals surface area contributed by atoms with Gasteiger partial charge in [0.15, 0.2) is 0 Å². The van der Waals surface area contributed by atoms with Gasteiger partial charge in [0.2, 0.25) is 5.91 Å². The molecule has 2 aromatic rings. The molecule has 21 heavy (non-hydrogen) atoms. The van der Waals surface area contributed by atoms with Gasteiger partial charge in [0, 0.05) is 18.5 Å². The highest BCUT2D eigenvalue weighted by atomic mass is 16.2. The molecule has 1 amide bonds. The Hall–Kier alpha value is -1.87. The topological polar surface area (TPSA) is 46.3 Å². The van der Waals surface area contributed by atoms with E-state index in [9.17, 15) is 4.79 Å². The fourth-order valence-electron chi connectivity index (χ4n) is 2.80. The fraction of sp³-hybridized carbons (Fsp3) is 0.389. The molecule has 0 aliphatic rings. The normalized spacial score (nSPS) is 12.3. The summed E-state index contributed by atoms with van der Waals surface area (Å²) in [6.45, 7) is 5.17. The van der Waals surface area contributed by atoms with Crippen LogP contribution < -0.4 is 10.6 Å². The number of benzene rings is 2. The first-order valence-corrected chi connectivity index (χ1v) is 7.72. The van der Waals surface area contributed by atoms with E-state index in [0.29, 0.717) is 13.1 Å². The molecule has 0 bridgehead atoms. The lowest BCUT2D eigenvalue weighted by Gasteiger charge is -2.27. The van der Waals surface area contributed by atoms with E-state index >= 15 is 0 Å². The zero-order valence-corrected chi connectivity index (χ0v) is 12.9. The minimum atomic E-state index is -0.0890. The number of anilines is 1. The number of nitrogens with zero attached hydrogens (tertiary/aromatic N) is 1. The van der Waals surface area contributed by atoms with Gasteiger partial charge in [0.05, 0.1) is 11.6 Å². The van der Waals surface area contributed by atoms with Crippen molar-refractivity contribution in [1.29, 1.82) is 0 Å². The fourth-order valence-corrected chi connectivity index (χ4v) is 2.80. The van der Waals surface area contributed by atoms with Crippen molar-refractivity contribution < 1.29 is 4.79 Å². The summed E-state index contributed by atoms with van der Waals surface area (Å²) in [5, 5.41) is 2.27. The van der Waals surface area contributed by atoms with Crippen LogP contribution >= 0.6 is 0 Å². The van der Waals surface area contributed by atoms with E-state index in [1.54, 1.807) is 0 Å². The molecule has 0 saturated carbocycles. The minimum Gasteiger partial charge on any atom is -0.330 e. The van der Waals surface area contributed by atoms with Crippen molar-refractivity contribution >= 4 is 22.4 Å². The third-order valence-corrected chi connectivity index (χ3v) is 3.91. The summed E-state index contributed by atoms with van der Waals surface area (Å²) in [6, 6.07) is 14.3. The predicted molar refractivity (Wildman–Crippen MR) is 89.4 cm³/mol. The average Bonchev–Trinajstić information content (AvgIpc) is 2.53. The molecule has 0 heterocycles. The number of fused-ring (bicyclic) bond motifs is 1. The maximum absolute atomic E-state index is 12.8. The second kappa shape index (κ2) is 7.23. The number of rotatable bonds is 6. The van der Waals surface area contributed by atoms with Gasteiger partial charge in [-0.3, -0.25) is 4.79 Å². The molecule has 3 heteroatoms. The Kier molecular flexibility index (Phi) is 5.34. The Morgan fingerprint density at radius 2 is 1.86 bits per heavy atom. The van der Waals surface area contributed by atoms with Crippen LogP contribution in [0.2, 0.25) is 0 Å². The Bertz CT molecular complexity index is 604. The molecule has 1 atom stereocenters. The van der Waals surface area contributed by atoms with E-state index in [4.69, 9.17) is 5.73 Å². The highest BCUT2D eigenvalue weighted by Crippen LogP contribution is 2.28. The monoisotopic (exact) mass is 284 g/mol. The molecule has 1 unspecified atom stereocenters. The molecule has 0 aliphatic heterocycles. The summed E-state index contributed by atoms with van der Waals surface area (Å²) in [5.74, 6) is 0.0483. The smallest absolute Gasteiger partial charge is 0.231 e. The van der Waals surface area contributed by atoms with Gasteiger partial charge in [-0.1, -0.05) is 49.7 Å². The number of carbonyl (C=O) groups excluding carboxylic acids is 1. The van der Waals surface area contributed by atoms with Crippen LogP contribution in [0, 0.1) is 5.92 Å². The Morgan fingerprint density at radius 1 is 1.14 bits per heavy atom. The highest BCUT2D eigenvalue weighted by molar-refractivity contribution is 6.04. The highest BCUT2D eigenvalue weighted by Gasteiger charge is 2.23. The maximum Gasteiger partial charge on any atom is 0.231 e. The van der Waals surface area contributed by atoms with E-state index in [-0.39, 0.29) is 11.8 Å². The zero-order chi connectivity index (χ0) is 15.2. The molecule has 0 spiro atoms. The van der Waals surface area contributed by atoms with Crippen molar-refractivity contribution in [1.82, 2.24) is 0 Å². The second-order valence-electron chi connectivity index (χ2n) is 5.30. The molecule has 3 nitrogen and oxygen atoms in total. The van der Waals surface area contributed by atoms with E-state index in [2.05, 4.69) is 25.1 Å². The van der Waals surface area contributed by atoms with E-state index in [1.165, 1.54) is 0 Å². The number of hydrogen-bond acceptors (Lipinski definition) is 2. The molecule has 0 radical (unpaired) electrons. The Morgan fingerprint density at radius 3 is 2.52 bits per heavy atom. The summed E-state index contributed by atoms with van der Waals surface area (Å²) in [7, 11) is 0. The Balaban J connectivity index is 2.42. The minimum absolute atomic E-state index is 0.0890. The standard InChI is InChI=1S/C18H24N2O/c1-3-8-15(13-19)18(21)20(4-2)17-12-7-10-14-9-5-6-11-16(14)17/h5-7,9-12,15H,3-4,8,13,19H2,1-2H3. The SMILES string of the molecule is CCCC(CN)C(=O)N(CC)c1cccc2ccccc12. The van der Waals surface area contributed by atoms with Crippen LogP contribution in [0.3, 0.4) is 0 Å². The van der Waals surface area contributed by atoms with Gasteiger partial charge in [-0.15, -0.1) is 0 Å². The van der Waals surface area contributed by atoms with Gasteiger partial charge in [-0.2, -0.15) is 0 Å². The molecule has 112 valence electrons. The van der Waals surface area contributed by atoms with Crippen LogP contribution in [0.1, 0.15) is 26.7 Å². The van der Waals surface area contributed by atoms with Crippen LogP contribution in [0.5, 0.6) is 0 Å². The van der Waals surface area contributed by atoms with E-state index < -0.39 is 0 Å². The van der Waals surface area contributed by atoms with Crippen molar-refractivity contribution in [3.8, 4) is 0 Å². The summed E-state index contributed by atoms with van der Waals surface area (Å²) in [4.78, 5) is 14.7. The lowest BCUT2D eigenvalue weighted by Crippen LogP contribution is -2.39. The number of hydrogen-bond donors (Lipinski definition) is 1. The number of nitrogens with two attached hydrogens (primary N) is 1. The van der Waals surface area contributed by atoms with Crippen molar-refractivity contribution in [2.24, 2.45) is 11.7 Å². The predicted octanol–water partition coefficient (Wildman–Crippen LogP) is 3.57. The van der Waals surface area contributed by atoms with Crippen LogP contribution in [0.25, 0.3) is 10.8 Å². The molecule has 0 aliphatic carbocycles. The van der Waals surface area contributed by atoms with Crippen molar-refractivity contribution in [2.45, 2.75) is 26.7 Å². The molecule has 0 fully saturated rings. The molecule has 0 saturated heterocycles. The van der Waals surface area contributed by atoms with Crippen LogP contribution in [-0.2, 0) is 4.79 Å². The molecular weight excluding hydrogens is 260 g/mol. The molecule has 2 aromatic carbocycles. The summed E-state index contributed by atoms with van der Waals surface area (Å²) in [5.41, 5.74) is 6.78. The molecule has 2 N–H and O–H groups in total. The van der Waals surface area contributed by atoms with E-state index in [0.717, 1.165) is 29.3 Å². The van der Waals surface area contributed by atoms with Gasteiger partial charge in [-0.25, -0.2) is 0 Å². The largest absolute Gasteiger partial charge is 0.330 e. The lowest BCUT2D eigenvalue weighted by molar-refractivity contribution is -0.122. The van der Waals surface area contributed by atoms with Crippen LogP contribution in [0.15, 0.2) is 42.5 Å². The first-order chi connectivity index (χ1) is 10.2. The quantitative estimate of drug-likeness (QED) is 0.881. The third kappa shape index (κ3) is 3.24.